The summed E-state index contributed by atoms with van der Waals surface area (Å²) in [5.74, 6) is -2.25. The van der Waals surface area contributed by atoms with Crippen molar-refractivity contribution in [3.8, 4) is 0 Å². The second kappa shape index (κ2) is 6.08. The van der Waals surface area contributed by atoms with Crippen LogP contribution in [0, 0.1) is 17.8 Å². The van der Waals surface area contributed by atoms with Crippen molar-refractivity contribution >= 4 is 21.6 Å². The highest BCUT2D eigenvalue weighted by atomic mass is 32.2. The maximum atomic E-state index is 14.2. The van der Waals surface area contributed by atoms with Crippen molar-refractivity contribution in [3.63, 3.8) is 0 Å². The second-order valence-corrected chi connectivity index (χ2v) is 9.45. The van der Waals surface area contributed by atoms with E-state index < -0.39 is 26.6 Å². The first-order valence-corrected chi connectivity index (χ1v) is 10.9. The number of fused-ring (bicyclic) bond motifs is 2. The predicted octanol–water partition coefficient (Wildman–Crippen LogP) is 1.55. The Labute approximate surface area is 156 Å². The Balaban J connectivity index is 1.58. The van der Waals surface area contributed by atoms with E-state index in [1.54, 1.807) is 6.92 Å². The molecule has 3 atom stereocenters. The molecule has 0 N–H and O–H groups in total. The Morgan fingerprint density at radius 1 is 1.30 bits per heavy atom. The van der Waals surface area contributed by atoms with Crippen LogP contribution in [-0.4, -0.2) is 50.3 Å². The molecule has 4 rings (SSSR count). The highest BCUT2D eigenvalue weighted by molar-refractivity contribution is 7.90. The summed E-state index contributed by atoms with van der Waals surface area (Å²) >= 11 is 0. The van der Waals surface area contributed by atoms with Crippen LogP contribution in [0.3, 0.4) is 0 Å². The van der Waals surface area contributed by atoms with Gasteiger partial charge in [-0.1, -0.05) is 0 Å². The third-order valence-corrected chi connectivity index (χ3v) is 6.56. The highest BCUT2D eigenvalue weighted by Crippen LogP contribution is 2.55. The Morgan fingerprint density at radius 3 is 2.56 bits per heavy atom. The van der Waals surface area contributed by atoms with Crippen LogP contribution in [0.15, 0.2) is 5.16 Å². The van der Waals surface area contributed by atoms with Gasteiger partial charge in [0.25, 0.3) is 5.92 Å². The van der Waals surface area contributed by atoms with Crippen molar-refractivity contribution in [1.29, 1.82) is 0 Å². The van der Waals surface area contributed by atoms with E-state index in [1.165, 1.54) is 0 Å². The number of carbonyl (C=O) groups is 1. The molecule has 1 aliphatic heterocycles. The number of esters is 1. The lowest BCUT2D eigenvalue weighted by molar-refractivity contribution is -0.143. The van der Waals surface area contributed by atoms with E-state index in [1.807, 2.05) is 4.90 Å². The van der Waals surface area contributed by atoms with Crippen molar-refractivity contribution in [3.05, 3.63) is 11.3 Å². The number of carbonyl (C=O) groups excluding carboxylic acids is 1. The average molecular weight is 401 g/mol. The van der Waals surface area contributed by atoms with Crippen LogP contribution in [-0.2, 0) is 31.7 Å². The minimum absolute atomic E-state index is 0.125. The van der Waals surface area contributed by atoms with E-state index in [9.17, 15) is 22.0 Å². The second-order valence-electron chi connectivity index (χ2n) is 7.54. The molecule has 0 spiro atoms. The van der Waals surface area contributed by atoms with Gasteiger partial charge < -0.3 is 9.64 Å². The molecule has 27 heavy (non-hydrogen) atoms. The van der Waals surface area contributed by atoms with Crippen LogP contribution in [0.4, 0.5) is 14.6 Å². The molecule has 2 fully saturated rings. The van der Waals surface area contributed by atoms with Crippen LogP contribution in [0.25, 0.3) is 0 Å². The van der Waals surface area contributed by atoms with Gasteiger partial charge in [0.1, 0.15) is 11.5 Å². The van der Waals surface area contributed by atoms with Crippen LogP contribution in [0.1, 0.15) is 31.0 Å². The highest BCUT2D eigenvalue weighted by Gasteiger charge is 2.57. The number of piperidine rings is 1. The number of ether oxygens (including phenoxy) is 1. The molecular weight excluding hydrogens is 380 g/mol. The third kappa shape index (κ3) is 3.17. The van der Waals surface area contributed by atoms with Crippen molar-refractivity contribution in [1.82, 2.24) is 9.97 Å². The van der Waals surface area contributed by atoms with Crippen LogP contribution < -0.4 is 4.90 Å². The summed E-state index contributed by atoms with van der Waals surface area (Å²) in [7, 11) is -3.81. The summed E-state index contributed by atoms with van der Waals surface area (Å²) in [6.07, 6.45) is 1.02. The first-order chi connectivity index (χ1) is 12.6. The fraction of sp³-hybridized carbons (Fsp3) is 0.706. The molecule has 7 nitrogen and oxygen atoms in total. The molecule has 1 saturated heterocycles. The number of hydrogen-bond donors (Lipinski definition) is 0. The number of hydrogen-bond acceptors (Lipinski definition) is 7. The van der Waals surface area contributed by atoms with Gasteiger partial charge in [0, 0.05) is 37.8 Å². The molecule has 0 aromatic carbocycles. The normalized spacial score (nSPS) is 28.0. The number of sulfone groups is 1. The molecule has 0 unspecified atom stereocenters. The van der Waals surface area contributed by atoms with Gasteiger partial charge in [0.15, 0.2) is 0 Å². The molecule has 148 valence electrons. The molecule has 0 bridgehead atoms. The number of rotatable bonds is 5. The number of alkyl halides is 2. The van der Waals surface area contributed by atoms with E-state index in [0.29, 0.717) is 37.5 Å². The zero-order valence-electron chi connectivity index (χ0n) is 15.1. The minimum Gasteiger partial charge on any atom is -0.466 e. The van der Waals surface area contributed by atoms with E-state index in [2.05, 4.69) is 9.97 Å². The summed E-state index contributed by atoms with van der Waals surface area (Å²) in [6, 6.07) is 0. The van der Waals surface area contributed by atoms with Gasteiger partial charge in [-0.15, -0.1) is 0 Å². The fourth-order valence-electron chi connectivity index (χ4n) is 4.35. The Hall–Kier alpha value is -1.84. The molecule has 1 aromatic rings. The van der Waals surface area contributed by atoms with E-state index in [-0.39, 0.29) is 36.6 Å². The van der Waals surface area contributed by atoms with Gasteiger partial charge in [0.2, 0.25) is 15.0 Å². The molecular formula is C17H21F2N3O4S. The number of nitrogens with zero attached hydrogens (tertiary/aromatic N) is 3. The van der Waals surface area contributed by atoms with Gasteiger partial charge in [-0.2, -0.15) is 8.78 Å². The smallest absolute Gasteiger partial charge is 0.306 e. The summed E-state index contributed by atoms with van der Waals surface area (Å²) < 4.78 is 57.1. The van der Waals surface area contributed by atoms with Crippen molar-refractivity contribution in [2.75, 3.05) is 30.9 Å². The Morgan fingerprint density at radius 2 is 1.96 bits per heavy atom. The van der Waals surface area contributed by atoms with E-state index >= 15 is 0 Å². The van der Waals surface area contributed by atoms with Gasteiger partial charge in [-0.05, 0) is 31.1 Å². The average Bonchev–Trinajstić information content (AvgIpc) is 2.93. The molecule has 3 aliphatic rings. The lowest BCUT2D eigenvalue weighted by Gasteiger charge is -2.24. The van der Waals surface area contributed by atoms with Gasteiger partial charge >= 0.3 is 5.97 Å². The fourth-order valence-corrected chi connectivity index (χ4v) is 4.86. The maximum Gasteiger partial charge on any atom is 0.306 e. The number of anilines is 1. The van der Waals surface area contributed by atoms with Crippen molar-refractivity contribution in [2.45, 2.75) is 37.3 Å². The topological polar surface area (TPSA) is 89.5 Å². The zero-order valence-corrected chi connectivity index (χ0v) is 15.9. The first-order valence-electron chi connectivity index (χ1n) is 9.01. The standard InChI is InChI=1S/C17H21F2N3O4S/c1-3-26-13(23)6-10-11-7-22(8-12(10)11)15-9-4-5-17(18,19)14(9)20-16(21-15)27(2,24)25/h10-12H,3-8H2,1-2H3/t10-,11-,12+. The van der Waals surface area contributed by atoms with Crippen molar-refractivity contribution < 1.29 is 26.7 Å². The quantitative estimate of drug-likeness (QED) is 0.546. The maximum absolute atomic E-state index is 14.2. The SMILES string of the molecule is CCOC(=O)C[C@@H]1[C@H]2CN(c3nc(S(C)(=O)=O)nc4c3CCC4(F)F)C[C@@H]12. The Bertz CT molecular complexity index is 894. The predicted molar refractivity (Wildman–Crippen MR) is 91.3 cm³/mol. The molecule has 1 aromatic heterocycles. The molecule has 2 aliphatic carbocycles. The number of aromatic nitrogens is 2. The van der Waals surface area contributed by atoms with E-state index in [0.717, 1.165) is 6.26 Å². The van der Waals surface area contributed by atoms with E-state index in [4.69, 9.17) is 4.74 Å². The van der Waals surface area contributed by atoms with Crippen LogP contribution in [0.5, 0.6) is 0 Å². The third-order valence-electron chi connectivity index (χ3n) is 5.71. The van der Waals surface area contributed by atoms with Crippen LogP contribution >= 0.6 is 0 Å². The lowest BCUT2D eigenvalue weighted by atomic mass is 10.1. The van der Waals surface area contributed by atoms with Gasteiger partial charge in [-0.25, -0.2) is 18.4 Å². The summed E-state index contributed by atoms with van der Waals surface area (Å²) in [6.45, 7) is 3.26. The molecule has 1 saturated carbocycles. The minimum atomic E-state index is -3.81. The van der Waals surface area contributed by atoms with Crippen molar-refractivity contribution in [2.24, 2.45) is 17.8 Å². The monoisotopic (exact) mass is 401 g/mol. The lowest BCUT2D eigenvalue weighted by Crippen LogP contribution is -2.28. The molecule has 2 heterocycles. The Kier molecular flexibility index (Phi) is 4.17. The molecule has 0 radical (unpaired) electrons. The van der Waals surface area contributed by atoms with Gasteiger partial charge in [0.05, 0.1) is 6.61 Å². The van der Waals surface area contributed by atoms with Gasteiger partial charge in [-0.3, -0.25) is 4.79 Å². The first kappa shape index (κ1) is 18.5. The largest absolute Gasteiger partial charge is 0.466 e. The summed E-state index contributed by atoms with van der Waals surface area (Å²) in [4.78, 5) is 21.3. The summed E-state index contributed by atoms with van der Waals surface area (Å²) in [5, 5.41) is -0.554. The summed E-state index contributed by atoms with van der Waals surface area (Å²) in [5.41, 5.74) is -0.118. The molecule has 0 amide bonds. The van der Waals surface area contributed by atoms with Crippen LogP contribution in [0.2, 0.25) is 0 Å². The molecule has 10 heteroatoms. The number of halogens is 2. The zero-order chi connectivity index (χ0) is 19.6.